The van der Waals surface area contributed by atoms with Gasteiger partial charge in [0.25, 0.3) is 0 Å². The Morgan fingerprint density at radius 3 is 2.70 bits per heavy atom. The van der Waals surface area contributed by atoms with Crippen molar-refractivity contribution in [1.29, 1.82) is 0 Å². The van der Waals surface area contributed by atoms with Gasteiger partial charge in [-0.3, -0.25) is 9.69 Å². The van der Waals surface area contributed by atoms with E-state index in [1.165, 1.54) is 5.56 Å². The summed E-state index contributed by atoms with van der Waals surface area (Å²) in [6, 6.07) is 8.01. The van der Waals surface area contributed by atoms with Gasteiger partial charge in [-0.1, -0.05) is 19.1 Å². The Bertz CT molecular complexity index is 452. The summed E-state index contributed by atoms with van der Waals surface area (Å²) in [4.78, 5) is 14.3. The summed E-state index contributed by atoms with van der Waals surface area (Å²) in [5.41, 5.74) is 2.11. The molecule has 0 saturated carbocycles. The Hall–Kier alpha value is -1.39. The van der Waals surface area contributed by atoms with Crippen molar-refractivity contribution >= 4 is 11.6 Å². The number of benzene rings is 1. The molecule has 1 heterocycles. The van der Waals surface area contributed by atoms with Crippen LogP contribution < -0.4 is 5.32 Å². The molecule has 1 N–H and O–H groups in total. The molecule has 2 unspecified atom stereocenters. The van der Waals surface area contributed by atoms with E-state index in [1.54, 1.807) is 0 Å². The lowest BCUT2D eigenvalue weighted by Gasteiger charge is -2.34. The van der Waals surface area contributed by atoms with Gasteiger partial charge in [-0.15, -0.1) is 0 Å². The van der Waals surface area contributed by atoms with Crippen LogP contribution in [-0.4, -0.2) is 42.6 Å². The molecule has 0 radical (unpaired) electrons. The fourth-order valence-corrected chi connectivity index (χ4v) is 2.69. The number of hydrogen-bond donors (Lipinski definition) is 1. The van der Waals surface area contributed by atoms with Crippen LogP contribution in [0.4, 0.5) is 5.69 Å². The molecule has 0 spiro atoms. The Kier molecular flexibility index (Phi) is 5.15. The number of carbonyl (C=O) groups excluding carboxylic acids is 1. The number of hydrogen-bond acceptors (Lipinski definition) is 3. The average Bonchev–Trinajstić information content (AvgIpc) is 2.37. The van der Waals surface area contributed by atoms with Crippen LogP contribution in [0.1, 0.15) is 26.3 Å². The smallest absolute Gasteiger partial charge is 0.238 e. The number of carbonyl (C=O) groups is 1. The number of rotatable bonds is 4. The van der Waals surface area contributed by atoms with Crippen LogP contribution in [0.5, 0.6) is 0 Å². The number of anilines is 1. The molecule has 20 heavy (non-hydrogen) atoms. The quantitative estimate of drug-likeness (QED) is 0.917. The first-order chi connectivity index (χ1) is 9.56. The van der Waals surface area contributed by atoms with Crippen LogP contribution in [0.25, 0.3) is 0 Å². The van der Waals surface area contributed by atoms with Crippen molar-refractivity contribution in [3.8, 4) is 0 Å². The van der Waals surface area contributed by atoms with Gasteiger partial charge in [-0.2, -0.15) is 0 Å². The molecule has 0 bridgehead atoms. The van der Waals surface area contributed by atoms with E-state index in [0.717, 1.165) is 25.2 Å². The van der Waals surface area contributed by atoms with E-state index in [1.807, 2.05) is 32.0 Å². The minimum absolute atomic E-state index is 0.0413. The SMILES string of the molecule is CCc1cccc(NC(=O)CN2CC(C)OC(C)C2)c1. The van der Waals surface area contributed by atoms with Gasteiger partial charge in [0.05, 0.1) is 18.8 Å². The topological polar surface area (TPSA) is 41.6 Å². The maximum absolute atomic E-state index is 12.1. The molecule has 0 aliphatic carbocycles. The summed E-state index contributed by atoms with van der Waals surface area (Å²) in [5.74, 6) is 0.0413. The zero-order valence-electron chi connectivity index (χ0n) is 12.6. The van der Waals surface area contributed by atoms with Gasteiger partial charge < -0.3 is 10.1 Å². The fourth-order valence-electron chi connectivity index (χ4n) is 2.69. The molecule has 1 amide bonds. The highest BCUT2D eigenvalue weighted by atomic mass is 16.5. The molecule has 1 aromatic rings. The van der Waals surface area contributed by atoms with Crippen LogP contribution in [0.15, 0.2) is 24.3 Å². The van der Waals surface area contributed by atoms with E-state index < -0.39 is 0 Å². The first-order valence-electron chi connectivity index (χ1n) is 7.33. The first-order valence-corrected chi connectivity index (χ1v) is 7.33. The lowest BCUT2D eigenvalue weighted by molar-refractivity contribution is -0.121. The lowest BCUT2D eigenvalue weighted by Crippen LogP contribution is -2.48. The number of morpholine rings is 1. The molecule has 2 atom stereocenters. The molecule has 4 nitrogen and oxygen atoms in total. The summed E-state index contributed by atoms with van der Waals surface area (Å²) < 4.78 is 5.67. The molecule has 1 saturated heterocycles. The summed E-state index contributed by atoms with van der Waals surface area (Å²) in [6.45, 7) is 8.25. The average molecular weight is 276 g/mol. The van der Waals surface area contributed by atoms with E-state index in [2.05, 4.69) is 23.2 Å². The Morgan fingerprint density at radius 1 is 1.35 bits per heavy atom. The van der Waals surface area contributed by atoms with Crippen molar-refractivity contribution < 1.29 is 9.53 Å². The molecule has 4 heteroatoms. The molecule has 110 valence electrons. The normalized spacial score (nSPS) is 23.6. The summed E-state index contributed by atoms with van der Waals surface area (Å²) in [5, 5.41) is 2.97. The maximum atomic E-state index is 12.1. The highest BCUT2D eigenvalue weighted by Gasteiger charge is 2.23. The molecule has 1 aromatic carbocycles. The van der Waals surface area contributed by atoms with Gasteiger partial charge in [-0.05, 0) is 38.0 Å². The highest BCUT2D eigenvalue weighted by molar-refractivity contribution is 5.92. The second-order valence-electron chi connectivity index (χ2n) is 5.55. The van der Waals surface area contributed by atoms with E-state index in [-0.39, 0.29) is 18.1 Å². The van der Waals surface area contributed by atoms with E-state index in [4.69, 9.17) is 4.74 Å². The number of nitrogens with one attached hydrogen (secondary N) is 1. The van der Waals surface area contributed by atoms with Gasteiger partial charge in [-0.25, -0.2) is 0 Å². The number of ether oxygens (including phenoxy) is 1. The predicted octanol–water partition coefficient (Wildman–Crippen LogP) is 2.30. The monoisotopic (exact) mass is 276 g/mol. The van der Waals surface area contributed by atoms with Crippen molar-refractivity contribution in [3.05, 3.63) is 29.8 Å². The minimum Gasteiger partial charge on any atom is -0.373 e. The third-order valence-electron chi connectivity index (χ3n) is 3.48. The number of nitrogens with zero attached hydrogens (tertiary/aromatic N) is 1. The zero-order valence-corrected chi connectivity index (χ0v) is 12.6. The van der Waals surface area contributed by atoms with Crippen molar-refractivity contribution in [2.24, 2.45) is 0 Å². The van der Waals surface area contributed by atoms with Crippen LogP contribution in [0.3, 0.4) is 0 Å². The van der Waals surface area contributed by atoms with Crippen molar-refractivity contribution in [1.82, 2.24) is 4.90 Å². The van der Waals surface area contributed by atoms with Crippen LogP contribution in [0, 0.1) is 0 Å². The summed E-state index contributed by atoms with van der Waals surface area (Å²) >= 11 is 0. The maximum Gasteiger partial charge on any atom is 0.238 e. The second-order valence-corrected chi connectivity index (χ2v) is 5.55. The molecular formula is C16H24N2O2. The highest BCUT2D eigenvalue weighted by Crippen LogP contribution is 2.13. The number of aryl methyl sites for hydroxylation is 1. The van der Waals surface area contributed by atoms with E-state index in [0.29, 0.717) is 6.54 Å². The molecule has 2 rings (SSSR count). The van der Waals surface area contributed by atoms with Crippen LogP contribution in [-0.2, 0) is 16.0 Å². The predicted molar refractivity (Wildman–Crippen MR) is 80.9 cm³/mol. The number of amides is 1. The lowest BCUT2D eigenvalue weighted by atomic mass is 10.1. The molecule has 0 aromatic heterocycles. The van der Waals surface area contributed by atoms with Gasteiger partial charge >= 0.3 is 0 Å². The first kappa shape index (κ1) is 15.0. The fraction of sp³-hybridized carbons (Fsp3) is 0.562. The second kappa shape index (κ2) is 6.86. The largest absolute Gasteiger partial charge is 0.373 e. The van der Waals surface area contributed by atoms with Crippen molar-refractivity contribution in [3.63, 3.8) is 0 Å². The van der Waals surface area contributed by atoms with E-state index in [9.17, 15) is 4.79 Å². The van der Waals surface area contributed by atoms with Crippen molar-refractivity contribution in [2.75, 3.05) is 25.0 Å². The minimum atomic E-state index is 0.0413. The van der Waals surface area contributed by atoms with Gasteiger partial charge in [0.1, 0.15) is 0 Å². The van der Waals surface area contributed by atoms with Crippen LogP contribution >= 0.6 is 0 Å². The Labute approximate surface area is 121 Å². The Morgan fingerprint density at radius 2 is 2.05 bits per heavy atom. The molecule has 1 fully saturated rings. The third kappa shape index (κ3) is 4.32. The zero-order chi connectivity index (χ0) is 14.5. The summed E-state index contributed by atoms with van der Waals surface area (Å²) in [7, 11) is 0. The van der Waals surface area contributed by atoms with Gasteiger partial charge in [0.2, 0.25) is 5.91 Å². The summed E-state index contributed by atoms with van der Waals surface area (Å²) in [6.07, 6.45) is 1.35. The third-order valence-corrected chi connectivity index (χ3v) is 3.48. The Balaban J connectivity index is 1.88. The van der Waals surface area contributed by atoms with E-state index >= 15 is 0 Å². The van der Waals surface area contributed by atoms with Crippen LogP contribution in [0.2, 0.25) is 0 Å². The molecule has 1 aliphatic rings. The van der Waals surface area contributed by atoms with Gasteiger partial charge in [0.15, 0.2) is 0 Å². The van der Waals surface area contributed by atoms with Crippen molar-refractivity contribution in [2.45, 2.75) is 39.4 Å². The molecule has 1 aliphatic heterocycles. The molecular weight excluding hydrogens is 252 g/mol. The van der Waals surface area contributed by atoms with Gasteiger partial charge in [0, 0.05) is 18.8 Å². The standard InChI is InChI=1S/C16H24N2O2/c1-4-14-6-5-7-15(8-14)17-16(19)11-18-9-12(2)20-13(3)10-18/h5-8,12-13H,4,9-11H2,1-3H3,(H,17,19).